The van der Waals surface area contributed by atoms with Crippen LogP contribution in [0.25, 0.3) is 0 Å². The lowest BCUT2D eigenvalue weighted by Crippen LogP contribution is -2.62. The number of ether oxygens (including phenoxy) is 1. The second-order valence-corrected chi connectivity index (χ2v) is 6.86. The molecule has 1 spiro atoms. The average molecular weight is 332 g/mol. The molecular weight excluding hydrogens is 304 g/mol. The van der Waals surface area contributed by atoms with Crippen molar-refractivity contribution in [1.82, 2.24) is 9.80 Å². The fraction of sp³-hybridized carbons (Fsp3) is 0.632. The summed E-state index contributed by atoms with van der Waals surface area (Å²) in [5, 5.41) is 10.9. The average Bonchev–Trinajstić information content (AvgIpc) is 2.99. The van der Waals surface area contributed by atoms with Gasteiger partial charge in [-0.25, -0.2) is 0 Å². The van der Waals surface area contributed by atoms with E-state index >= 15 is 0 Å². The Kier molecular flexibility index (Phi) is 5.54. The monoisotopic (exact) mass is 332 g/mol. The number of carbonyl (C=O) groups is 1. The zero-order valence-electron chi connectivity index (χ0n) is 14.5. The molecule has 2 atom stereocenters. The minimum Gasteiger partial charge on any atom is -0.389 e. The van der Waals surface area contributed by atoms with E-state index < -0.39 is 6.10 Å². The van der Waals surface area contributed by atoms with Gasteiger partial charge in [0.05, 0.1) is 11.6 Å². The van der Waals surface area contributed by atoms with Crippen LogP contribution in [0.1, 0.15) is 31.7 Å². The van der Waals surface area contributed by atoms with Gasteiger partial charge < -0.3 is 14.7 Å². The zero-order chi connectivity index (χ0) is 17.0. The minimum atomic E-state index is -0.497. The molecular formula is C19H28N2O3. The van der Waals surface area contributed by atoms with Gasteiger partial charge in [0, 0.05) is 26.2 Å². The Labute approximate surface area is 144 Å². The van der Waals surface area contributed by atoms with Crippen LogP contribution in [0, 0.1) is 0 Å². The summed E-state index contributed by atoms with van der Waals surface area (Å²) < 4.78 is 5.22. The van der Waals surface area contributed by atoms with Gasteiger partial charge in [0.25, 0.3) is 0 Å². The molecule has 5 nitrogen and oxygen atoms in total. The van der Waals surface area contributed by atoms with Crippen molar-refractivity contribution < 1.29 is 14.6 Å². The van der Waals surface area contributed by atoms with Crippen LogP contribution in [0.4, 0.5) is 0 Å². The summed E-state index contributed by atoms with van der Waals surface area (Å²) in [4.78, 5) is 16.3. The number of amides is 1. The standard InChI is InChI=1S/C19H28N2O3/c1-2-24-15-18(23)20-12-10-19(17(22)14-20)9-6-11-21(19)13-16-7-4-3-5-8-16/h3-5,7-8,17,22H,2,6,9-15H2,1H3/t17-,19-/m0/s1. The van der Waals surface area contributed by atoms with Crippen LogP contribution in [0.3, 0.4) is 0 Å². The van der Waals surface area contributed by atoms with Crippen molar-refractivity contribution in [2.24, 2.45) is 0 Å². The topological polar surface area (TPSA) is 53.0 Å². The van der Waals surface area contributed by atoms with Gasteiger partial charge in [0.15, 0.2) is 0 Å². The number of hydrogen-bond donors (Lipinski definition) is 1. The predicted molar refractivity (Wildman–Crippen MR) is 92.5 cm³/mol. The number of rotatable bonds is 5. The van der Waals surface area contributed by atoms with E-state index in [1.54, 1.807) is 4.90 Å². The highest BCUT2D eigenvalue weighted by Crippen LogP contribution is 2.39. The lowest BCUT2D eigenvalue weighted by molar-refractivity contribution is -0.144. The molecule has 1 N–H and O–H groups in total. The van der Waals surface area contributed by atoms with Crippen LogP contribution >= 0.6 is 0 Å². The highest BCUT2D eigenvalue weighted by molar-refractivity contribution is 5.77. The van der Waals surface area contributed by atoms with E-state index in [-0.39, 0.29) is 18.1 Å². The van der Waals surface area contributed by atoms with Crippen LogP contribution in [0.5, 0.6) is 0 Å². The quantitative estimate of drug-likeness (QED) is 0.891. The maximum absolute atomic E-state index is 12.2. The number of piperidine rings is 1. The second kappa shape index (κ2) is 7.64. The van der Waals surface area contributed by atoms with Gasteiger partial charge >= 0.3 is 0 Å². The number of aliphatic hydroxyl groups excluding tert-OH is 1. The van der Waals surface area contributed by atoms with Crippen LogP contribution in [-0.2, 0) is 16.1 Å². The summed E-state index contributed by atoms with van der Waals surface area (Å²) in [6, 6.07) is 10.4. The molecule has 1 aromatic carbocycles. The number of benzene rings is 1. The Morgan fingerprint density at radius 2 is 2.08 bits per heavy atom. The molecule has 2 fully saturated rings. The van der Waals surface area contributed by atoms with E-state index in [0.717, 1.165) is 32.4 Å². The largest absolute Gasteiger partial charge is 0.389 e. The molecule has 2 aliphatic rings. The molecule has 0 radical (unpaired) electrons. The molecule has 24 heavy (non-hydrogen) atoms. The summed E-state index contributed by atoms with van der Waals surface area (Å²) in [6.45, 7) is 5.53. The fourth-order valence-electron chi connectivity index (χ4n) is 4.13. The van der Waals surface area contributed by atoms with Crippen molar-refractivity contribution in [2.45, 2.75) is 44.4 Å². The molecule has 1 aromatic rings. The van der Waals surface area contributed by atoms with Crippen molar-refractivity contribution in [3.63, 3.8) is 0 Å². The highest BCUT2D eigenvalue weighted by Gasteiger charge is 2.49. The Balaban J connectivity index is 1.66. The van der Waals surface area contributed by atoms with Gasteiger partial charge in [-0.3, -0.25) is 9.69 Å². The third-order valence-electron chi connectivity index (χ3n) is 5.49. The summed E-state index contributed by atoms with van der Waals surface area (Å²) in [5.74, 6) is -0.0154. The van der Waals surface area contributed by atoms with Crippen molar-refractivity contribution in [1.29, 1.82) is 0 Å². The first-order valence-corrected chi connectivity index (χ1v) is 8.98. The normalized spacial score (nSPS) is 27.8. The lowest BCUT2D eigenvalue weighted by atomic mass is 9.82. The number of β-amino-alcohol motifs (C(OH)–C–C–N with tert-alkyl or cyclic N) is 1. The summed E-state index contributed by atoms with van der Waals surface area (Å²) in [5.41, 5.74) is 1.10. The molecule has 132 valence electrons. The Morgan fingerprint density at radius 3 is 2.79 bits per heavy atom. The summed E-state index contributed by atoms with van der Waals surface area (Å²) in [6.07, 6.45) is 2.45. The highest BCUT2D eigenvalue weighted by atomic mass is 16.5. The van der Waals surface area contributed by atoms with Crippen LogP contribution in [-0.4, -0.2) is 65.3 Å². The second-order valence-electron chi connectivity index (χ2n) is 6.86. The van der Waals surface area contributed by atoms with Gasteiger partial charge in [-0.2, -0.15) is 0 Å². The van der Waals surface area contributed by atoms with Crippen molar-refractivity contribution >= 4 is 5.91 Å². The molecule has 1 amide bonds. The molecule has 0 unspecified atom stereocenters. The molecule has 0 saturated carbocycles. The maximum Gasteiger partial charge on any atom is 0.248 e. The maximum atomic E-state index is 12.2. The van der Waals surface area contributed by atoms with E-state index in [1.807, 2.05) is 13.0 Å². The summed E-state index contributed by atoms with van der Waals surface area (Å²) in [7, 11) is 0. The third kappa shape index (κ3) is 3.48. The van der Waals surface area contributed by atoms with Crippen LogP contribution in [0.2, 0.25) is 0 Å². The molecule has 2 saturated heterocycles. The molecule has 0 bridgehead atoms. The van der Waals surface area contributed by atoms with Gasteiger partial charge in [0.1, 0.15) is 6.61 Å². The van der Waals surface area contributed by atoms with E-state index in [1.165, 1.54) is 5.56 Å². The van der Waals surface area contributed by atoms with Gasteiger partial charge in [0.2, 0.25) is 5.91 Å². The van der Waals surface area contributed by atoms with E-state index in [9.17, 15) is 9.90 Å². The number of likely N-dealkylation sites (tertiary alicyclic amines) is 2. The number of carbonyl (C=O) groups excluding carboxylic acids is 1. The molecule has 5 heteroatoms. The fourth-order valence-corrected chi connectivity index (χ4v) is 4.13. The van der Waals surface area contributed by atoms with Crippen molar-refractivity contribution in [3.8, 4) is 0 Å². The van der Waals surface area contributed by atoms with Gasteiger partial charge in [-0.15, -0.1) is 0 Å². The minimum absolute atomic E-state index is 0.0154. The first-order valence-electron chi connectivity index (χ1n) is 8.98. The zero-order valence-corrected chi connectivity index (χ0v) is 14.5. The van der Waals surface area contributed by atoms with E-state index in [4.69, 9.17) is 4.74 Å². The first-order chi connectivity index (χ1) is 11.7. The third-order valence-corrected chi connectivity index (χ3v) is 5.49. The predicted octanol–water partition coefficient (Wildman–Crippen LogP) is 1.65. The first kappa shape index (κ1) is 17.4. The molecule has 3 rings (SSSR count). The smallest absolute Gasteiger partial charge is 0.248 e. The van der Waals surface area contributed by atoms with Crippen molar-refractivity contribution in [3.05, 3.63) is 35.9 Å². The molecule has 0 aromatic heterocycles. The Morgan fingerprint density at radius 1 is 1.29 bits per heavy atom. The Hall–Kier alpha value is -1.43. The van der Waals surface area contributed by atoms with E-state index in [2.05, 4.69) is 29.2 Å². The number of hydrogen-bond acceptors (Lipinski definition) is 4. The number of nitrogens with zero attached hydrogens (tertiary/aromatic N) is 2. The number of aliphatic hydroxyl groups is 1. The molecule has 0 aliphatic carbocycles. The van der Waals surface area contributed by atoms with Gasteiger partial charge in [-0.05, 0) is 38.3 Å². The molecule has 2 heterocycles. The van der Waals surface area contributed by atoms with E-state index in [0.29, 0.717) is 19.7 Å². The van der Waals surface area contributed by atoms with Crippen LogP contribution in [0.15, 0.2) is 30.3 Å². The SMILES string of the molecule is CCOCC(=O)N1CC[C@@]2(CCCN2Cc2ccccc2)[C@@H](O)C1. The van der Waals surface area contributed by atoms with Crippen molar-refractivity contribution in [2.75, 3.05) is 32.8 Å². The molecule has 2 aliphatic heterocycles. The lowest BCUT2D eigenvalue weighted by Gasteiger charge is -2.48. The van der Waals surface area contributed by atoms with Crippen LogP contribution < -0.4 is 0 Å². The Bertz CT molecular complexity index is 551. The van der Waals surface area contributed by atoms with Gasteiger partial charge in [-0.1, -0.05) is 30.3 Å². The summed E-state index contributed by atoms with van der Waals surface area (Å²) >= 11 is 0.